The predicted octanol–water partition coefficient (Wildman–Crippen LogP) is 3.83. The summed E-state index contributed by atoms with van der Waals surface area (Å²) >= 11 is 0. The molecule has 0 aromatic heterocycles. The number of fused-ring (bicyclic) bond motifs is 1. The number of nitrogens with one attached hydrogen (secondary N) is 1. The number of nitrogens with zero attached hydrogens (tertiary/aromatic N) is 1. The molecule has 1 heterocycles. The van der Waals surface area contributed by atoms with Gasteiger partial charge in [0.2, 0.25) is 0 Å². The van der Waals surface area contributed by atoms with Gasteiger partial charge >= 0.3 is 6.09 Å². The summed E-state index contributed by atoms with van der Waals surface area (Å²) in [5.41, 5.74) is 3.99. The molecule has 2 saturated carbocycles. The van der Waals surface area contributed by atoms with E-state index in [9.17, 15) is 10.0 Å². The molecule has 6 atom stereocenters. The topological polar surface area (TPSA) is 71.0 Å². The fraction of sp³-hybridized carbons (Fsp3) is 0.682. The molecule has 6 unspecified atom stereocenters. The van der Waals surface area contributed by atoms with Crippen molar-refractivity contribution in [3.8, 4) is 0 Å². The lowest BCUT2D eigenvalue weighted by Gasteiger charge is -2.33. The third-order valence-electron chi connectivity index (χ3n) is 6.90. The van der Waals surface area contributed by atoms with Gasteiger partial charge in [0.05, 0.1) is 31.9 Å². The van der Waals surface area contributed by atoms with Gasteiger partial charge < -0.3 is 14.7 Å². The largest absolute Gasteiger partial charge is 0.453 e. The standard InChI is InChI=1S/C22H34N2O4/c1-5-7-8-16(6-2)22-10-9-18(12-17(22)13-22)28-14-20-19(23-26)11-15(3)24(20)21(25)27-4/h5-8,15,17-20,23,26H,2,9-14H2,1,3-4H3/b7-5-,16-8+. The van der Waals surface area contributed by atoms with Gasteiger partial charge in [-0.1, -0.05) is 30.9 Å². The number of methoxy groups -OCH3 is 1. The van der Waals surface area contributed by atoms with E-state index >= 15 is 0 Å². The first kappa shape index (κ1) is 21.1. The SMILES string of the molecule is C=C/C(=C\C=C/C)C12CCC(OCC3C(NO)CC(C)N3C(=O)OC)CC1C2. The van der Waals surface area contributed by atoms with Crippen LogP contribution in [0.3, 0.4) is 0 Å². The normalized spacial score (nSPS) is 37.8. The maximum absolute atomic E-state index is 12.2. The van der Waals surface area contributed by atoms with E-state index in [2.05, 4.69) is 24.2 Å². The molecule has 2 aliphatic carbocycles. The fourth-order valence-corrected chi connectivity index (χ4v) is 5.29. The van der Waals surface area contributed by atoms with Crippen LogP contribution in [0.1, 0.15) is 46.0 Å². The van der Waals surface area contributed by atoms with Crippen molar-refractivity contribution in [2.75, 3.05) is 13.7 Å². The zero-order valence-corrected chi connectivity index (χ0v) is 17.3. The van der Waals surface area contributed by atoms with Crippen LogP contribution in [0.15, 0.2) is 36.5 Å². The summed E-state index contributed by atoms with van der Waals surface area (Å²) < 4.78 is 11.2. The minimum absolute atomic E-state index is 0.0000415. The second-order valence-electron chi connectivity index (χ2n) is 8.40. The highest BCUT2D eigenvalue weighted by molar-refractivity contribution is 5.69. The van der Waals surface area contributed by atoms with Gasteiger partial charge in [-0.05, 0) is 62.9 Å². The Labute approximate surface area is 168 Å². The van der Waals surface area contributed by atoms with Crippen LogP contribution in [-0.2, 0) is 9.47 Å². The molecule has 156 valence electrons. The Kier molecular flexibility index (Phi) is 6.63. The van der Waals surface area contributed by atoms with E-state index in [-0.39, 0.29) is 35.7 Å². The number of likely N-dealkylation sites (tertiary alicyclic amines) is 1. The number of hydrogen-bond acceptors (Lipinski definition) is 5. The van der Waals surface area contributed by atoms with Gasteiger partial charge in [-0.25, -0.2) is 10.3 Å². The van der Waals surface area contributed by atoms with Crippen LogP contribution in [0, 0.1) is 11.3 Å². The van der Waals surface area contributed by atoms with Crippen molar-refractivity contribution < 1.29 is 19.5 Å². The van der Waals surface area contributed by atoms with Gasteiger partial charge in [0.15, 0.2) is 0 Å². The van der Waals surface area contributed by atoms with Gasteiger partial charge in [-0.3, -0.25) is 4.90 Å². The zero-order valence-electron chi connectivity index (χ0n) is 17.3. The number of hydrogen-bond donors (Lipinski definition) is 2. The molecule has 0 spiro atoms. The maximum atomic E-state index is 12.2. The summed E-state index contributed by atoms with van der Waals surface area (Å²) in [6.07, 6.45) is 13.2. The number of rotatable bonds is 7. The molecule has 6 nitrogen and oxygen atoms in total. The van der Waals surface area contributed by atoms with Crippen LogP contribution in [0.25, 0.3) is 0 Å². The summed E-state index contributed by atoms with van der Waals surface area (Å²) in [5.74, 6) is 0.645. The highest BCUT2D eigenvalue weighted by Gasteiger charge is 2.58. The molecule has 1 amide bonds. The van der Waals surface area contributed by atoms with Crippen LogP contribution in [0.5, 0.6) is 0 Å². The number of ether oxygens (including phenoxy) is 2. The van der Waals surface area contributed by atoms with E-state index in [1.807, 2.05) is 26.0 Å². The third-order valence-corrected chi connectivity index (χ3v) is 6.90. The smallest absolute Gasteiger partial charge is 0.410 e. The fourth-order valence-electron chi connectivity index (χ4n) is 5.29. The van der Waals surface area contributed by atoms with Crippen molar-refractivity contribution >= 4 is 6.09 Å². The summed E-state index contributed by atoms with van der Waals surface area (Å²) in [5, 5.41) is 9.50. The number of carbonyl (C=O) groups is 1. The van der Waals surface area contributed by atoms with Crippen molar-refractivity contribution in [2.24, 2.45) is 11.3 Å². The molecule has 28 heavy (non-hydrogen) atoms. The Balaban J connectivity index is 1.58. The molecule has 6 heteroatoms. The quantitative estimate of drug-likeness (QED) is 0.511. The predicted molar refractivity (Wildman–Crippen MR) is 108 cm³/mol. The molecule has 0 aromatic rings. The average molecular weight is 391 g/mol. The summed E-state index contributed by atoms with van der Waals surface area (Å²) in [6, 6.07) is -0.425. The highest BCUT2D eigenvalue weighted by atomic mass is 16.5. The lowest BCUT2D eigenvalue weighted by atomic mass is 9.81. The molecule has 3 aliphatic rings. The van der Waals surface area contributed by atoms with Crippen LogP contribution < -0.4 is 5.48 Å². The maximum Gasteiger partial charge on any atom is 0.410 e. The third kappa shape index (κ3) is 3.91. The van der Waals surface area contributed by atoms with E-state index in [0.29, 0.717) is 18.9 Å². The first-order valence-electron chi connectivity index (χ1n) is 10.3. The second kappa shape index (κ2) is 8.80. The molecule has 0 radical (unpaired) electrons. The van der Waals surface area contributed by atoms with Crippen LogP contribution >= 0.6 is 0 Å². The van der Waals surface area contributed by atoms with Crippen molar-refractivity contribution in [1.29, 1.82) is 0 Å². The molecule has 1 saturated heterocycles. The molecule has 3 rings (SSSR count). The first-order chi connectivity index (χ1) is 13.5. The summed E-state index contributed by atoms with van der Waals surface area (Å²) in [6.45, 7) is 8.41. The minimum Gasteiger partial charge on any atom is -0.453 e. The molecule has 0 bridgehead atoms. The molecule has 2 N–H and O–H groups in total. The zero-order chi connectivity index (χ0) is 20.3. The van der Waals surface area contributed by atoms with Crippen LogP contribution in [0.2, 0.25) is 0 Å². The minimum atomic E-state index is -0.367. The van der Waals surface area contributed by atoms with Crippen molar-refractivity contribution in [3.05, 3.63) is 36.5 Å². The number of allylic oxidation sites excluding steroid dienone is 5. The Bertz CT molecular complexity index is 646. The highest BCUT2D eigenvalue weighted by Crippen LogP contribution is 2.66. The first-order valence-corrected chi connectivity index (χ1v) is 10.3. The van der Waals surface area contributed by atoms with Crippen LogP contribution in [-0.4, -0.2) is 54.1 Å². The van der Waals surface area contributed by atoms with Gasteiger partial charge in [-0.2, -0.15) is 0 Å². The second-order valence-corrected chi connectivity index (χ2v) is 8.40. The lowest BCUT2D eigenvalue weighted by molar-refractivity contribution is -0.0211. The number of hydroxylamine groups is 1. The van der Waals surface area contributed by atoms with Gasteiger partial charge in [0.25, 0.3) is 0 Å². The molecular formula is C22H34N2O4. The molecule has 3 fully saturated rings. The van der Waals surface area contributed by atoms with Gasteiger partial charge in [0, 0.05) is 6.04 Å². The Hall–Kier alpha value is -1.63. The number of carbonyl (C=O) groups excluding carboxylic acids is 1. The van der Waals surface area contributed by atoms with E-state index in [1.165, 1.54) is 19.1 Å². The van der Waals surface area contributed by atoms with Crippen LogP contribution in [0.4, 0.5) is 4.79 Å². The number of amides is 1. The van der Waals surface area contributed by atoms with Crippen molar-refractivity contribution in [2.45, 2.75) is 70.2 Å². The Morgan fingerprint density at radius 2 is 2.21 bits per heavy atom. The average Bonchev–Trinajstić information content (AvgIpc) is 3.34. The Morgan fingerprint density at radius 3 is 2.82 bits per heavy atom. The monoisotopic (exact) mass is 390 g/mol. The molecular weight excluding hydrogens is 356 g/mol. The molecule has 1 aliphatic heterocycles. The molecule has 0 aromatic carbocycles. The lowest BCUT2D eigenvalue weighted by Crippen LogP contribution is -2.48. The van der Waals surface area contributed by atoms with Crippen molar-refractivity contribution in [1.82, 2.24) is 10.4 Å². The van der Waals surface area contributed by atoms with Gasteiger partial charge in [0.1, 0.15) is 0 Å². The van der Waals surface area contributed by atoms with E-state index < -0.39 is 0 Å². The van der Waals surface area contributed by atoms with E-state index in [4.69, 9.17) is 9.47 Å². The summed E-state index contributed by atoms with van der Waals surface area (Å²) in [4.78, 5) is 13.8. The Morgan fingerprint density at radius 1 is 1.43 bits per heavy atom. The van der Waals surface area contributed by atoms with Crippen molar-refractivity contribution in [3.63, 3.8) is 0 Å². The van der Waals surface area contributed by atoms with E-state index in [0.717, 1.165) is 19.3 Å². The summed E-state index contributed by atoms with van der Waals surface area (Å²) in [7, 11) is 1.39. The van der Waals surface area contributed by atoms with Gasteiger partial charge in [-0.15, -0.1) is 0 Å². The van der Waals surface area contributed by atoms with E-state index in [1.54, 1.807) is 4.90 Å².